The van der Waals surface area contributed by atoms with Gasteiger partial charge in [0.25, 0.3) is 0 Å². The summed E-state index contributed by atoms with van der Waals surface area (Å²) >= 11 is 0. The number of para-hydroxylation sites is 2. The minimum Gasteiger partial charge on any atom is -0.508 e. The molecule has 0 saturated carbocycles. The van der Waals surface area contributed by atoms with Crippen molar-refractivity contribution in [2.75, 3.05) is 6.93 Å². The summed E-state index contributed by atoms with van der Waals surface area (Å²) in [5, 5.41) is 17.3. The molecule has 0 heterocycles. The summed E-state index contributed by atoms with van der Waals surface area (Å²) in [5.74, 6) is 0.644. The molecule has 0 aliphatic rings. The van der Waals surface area contributed by atoms with Crippen molar-refractivity contribution in [3.8, 4) is 11.5 Å². The number of alkyl halides is 2. The lowest BCUT2D eigenvalue weighted by molar-refractivity contribution is 0.295. The molecule has 0 fully saturated rings. The smallest absolute Gasteiger partial charge is 0.229 e. The molecule has 4 heteroatoms. The van der Waals surface area contributed by atoms with Crippen LogP contribution in [0.25, 0.3) is 0 Å². The van der Waals surface area contributed by atoms with Crippen molar-refractivity contribution in [1.29, 1.82) is 0 Å². The second kappa shape index (κ2) is 10.4. The van der Waals surface area contributed by atoms with Crippen molar-refractivity contribution in [3.63, 3.8) is 0 Å². The van der Waals surface area contributed by atoms with Gasteiger partial charge in [0, 0.05) is 0 Å². The standard InChI is InChI=1S/2C6H6O.CH2F2/c2*7-6-4-2-1-3-5-6;2-1-3/h2*1-5,7H;1H2. The van der Waals surface area contributed by atoms with Crippen molar-refractivity contribution in [1.82, 2.24) is 0 Å². The molecule has 0 aromatic heterocycles. The van der Waals surface area contributed by atoms with Gasteiger partial charge in [0.15, 0.2) is 0 Å². The molecule has 2 nitrogen and oxygen atoms in total. The van der Waals surface area contributed by atoms with E-state index in [1.54, 1.807) is 48.5 Å². The van der Waals surface area contributed by atoms with Gasteiger partial charge in [0.1, 0.15) is 11.5 Å². The van der Waals surface area contributed by atoms with Crippen molar-refractivity contribution in [2.24, 2.45) is 0 Å². The lowest BCUT2D eigenvalue weighted by Crippen LogP contribution is -1.56. The fraction of sp³-hybridized carbons (Fsp3) is 0.0769. The van der Waals surface area contributed by atoms with Gasteiger partial charge in [-0.25, -0.2) is 8.78 Å². The first kappa shape index (κ1) is 14.9. The van der Waals surface area contributed by atoms with Gasteiger partial charge in [-0.1, -0.05) is 36.4 Å². The fourth-order valence-electron chi connectivity index (χ4n) is 0.856. The molecule has 0 spiro atoms. The van der Waals surface area contributed by atoms with E-state index in [1.807, 2.05) is 12.1 Å². The van der Waals surface area contributed by atoms with Crippen LogP contribution in [-0.4, -0.2) is 17.1 Å². The Kier molecular flexibility index (Phi) is 9.13. The Morgan fingerprint density at radius 1 is 0.647 bits per heavy atom. The first-order chi connectivity index (χ1) is 8.20. The molecule has 2 N–H and O–H groups in total. The third-order valence-corrected chi connectivity index (χ3v) is 1.51. The Balaban J connectivity index is 0.000000247. The Hall–Kier alpha value is -2.10. The second-order valence-corrected chi connectivity index (χ2v) is 2.77. The first-order valence-corrected chi connectivity index (χ1v) is 4.80. The van der Waals surface area contributed by atoms with Crippen LogP contribution in [0.2, 0.25) is 0 Å². The van der Waals surface area contributed by atoms with Gasteiger partial charge >= 0.3 is 0 Å². The number of aromatic hydroxyl groups is 2. The zero-order chi connectivity index (χ0) is 12.9. The molecule has 0 atom stereocenters. The van der Waals surface area contributed by atoms with Crippen LogP contribution in [0.15, 0.2) is 60.7 Å². The topological polar surface area (TPSA) is 40.5 Å². The molecular formula is C13H14F2O2. The summed E-state index contributed by atoms with van der Waals surface area (Å²) in [6.45, 7) is -1.75. The van der Waals surface area contributed by atoms with E-state index in [0.29, 0.717) is 11.5 Å². The second-order valence-electron chi connectivity index (χ2n) is 2.77. The minimum atomic E-state index is -1.75. The predicted molar refractivity (Wildman–Crippen MR) is 63.3 cm³/mol. The maximum atomic E-state index is 9.62. The average molecular weight is 240 g/mol. The Labute approximate surface area is 98.8 Å². The third kappa shape index (κ3) is 10.2. The van der Waals surface area contributed by atoms with Gasteiger partial charge in [-0.2, -0.15) is 0 Å². The number of phenolic OH excluding ortho intramolecular Hbond substituents is 2. The highest BCUT2D eigenvalue weighted by molar-refractivity contribution is 5.19. The number of hydrogen-bond acceptors (Lipinski definition) is 2. The number of benzene rings is 2. The highest BCUT2D eigenvalue weighted by Crippen LogP contribution is 2.03. The van der Waals surface area contributed by atoms with E-state index in [0.717, 1.165) is 0 Å². The summed E-state index contributed by atoms with van der Waals surface area (Å²) in [7, 11) is 0. The van der Waals surface area contributed by atoms with Gasteiger partial charge in [-0.05, 0) is 24.3 Å². The SMILES string of the molecule is FCF.Oc1ccccc1.Oc1ccccc1. The predicted octanol–water partition coefficient (Wildman–Crippen LogP) is 3.67. The highest BCUT2D eigenvalue weighted by atomic mass is 19.3. The monoisotopic (exact) mass is 240 g/mol. The molecule has 2 aromatic rings. The molecule has 0 saturated heterocycles. The van der Waals surface area contributed by atoms with Crippen LogP contribution >= 0.6 is 0 Å². The summed E-state index contributed by atoms with van der Waals surface area (Å²) in [5.41, 5.74) is 0. The Morgan fingerprint density at radius 2 is 0.882 bits per heavy atom. The van der Waals surface area contributed by atoms with E-state index in [-0.39, 0.29) is 0 Å². The number of rotatable bonds is 0. The summed E-state index contributed by atoms with van der Waals surface area (Å²) in [6, 6.07) is 17.4. The quantitative estimate of drug-likeness (QED) is 0.737. The van der Waals surface area contributed by atoms with Gasteiger partial charge in [-0.3, -0.25) is 0 Å². The van der Waals surface area contributed by atoms with Gasteiger partial charge in [0.2, 0.25) is 6.93 Å². The van der Waals surface area contributed by atoms with Crippen LogP contribution < -0.4 is 0 Å². The lowest BCUT2D eigenvalue weighted by atomic mass is 10.3. The highest BCUT2D eigenvalue weighted by Gasteiger charge is 1.75. The molecule has 0 amide bonds. The zero-order valence-electron chi connectivity index (χ0n) is 9.13. The fourth-order valence-corrected chi connectivity index (χ4v) is 0.856. The first-order valence-electron chi connectivity index (χ1n) is 4.80. The van der Waals surface area contributed by atoms with E-state index in [2.05, 4.69) is 0 Å². The minimum absolute atomic E-state index is 0.322. The summed E-state index contributed by atoms with van der Waals surface area (Å²) < 4.78 is 19.2. The molecule has 0 aliphatic heterocycles. The zero-order valence-corrected chi connectivity index (χ0v) is 9.13. The van der Waals surface area contributed by atoms with E-state index >= 15 is 0 Å². The van der Waals surface area contributed by atoms with Crippen molar-refractivity contribution in [2.45, 2.75) is 0 Å². The molecule has 0 bridgehead atoms. The molecule has 0 aliphatic carbocycles. The Bertz CT molecular complexity index is 328. The third-order valence-electron chi connectivity index (χ3n) is 1.51. The normalized spacial score (nSPS) is 8.12. The molecule has 17 heavy (non-hydrogen) atoms. The maximum absolute atomic E-state index is 9.62. The van der Waals surface area contributed by atoms with Crippen LogP contribution in [0.4, 0.5) is 8.78 Å². The lowest BCUT2D eigenvalue weighted by Gasteiger charge is -1.82. The van der Waals surface area contributed by atoms with Crippen molar-refractivity contribution < 1.29 is 19.0 Å². The number of hydrogen-bond donors (Lipinski definition) is 2. The van der Waals surface area contributed by atoms with Gasteiger partial charge in [0.05, 0.1) is 0 Å². The summed E-state index contributed by atoms with van der Waals surface area (Å²) in [4.78, 5) is 0. The van der Waals surface area contributed by atoms with Crippen LogP contribution in [0.1, 0.15) is 0 Å². The molecule has 92 valence electrons. The van der Waals surface area contributed by atoms with Crippen LogP contribution in [0, 0.1) is 0 Å². The van der Waals surface area contributed by atoms with Crippen LogP contribution in [0.3, 0.4) is 0 Å². The average Bonchev–Trinajstić information content (AvgIpc) is 2.33. The van der Waals surface area contributed by atoms with E-state index in [1.165, 1.54) is 0 Å². The molecule has 0 radical (unpaired) electrons. The maximum Gasteiger partial charge on any atom is 0.229 e. The molecule has 0 unspecified atom stereocenters. The molecule has 2 aromatic carbocycles. The Morgan fingerprint density at radius 3 is 1.00 bits per heavy atom. The van der Waals surface area contributed by atoms with E-state index in [4.69, 9.17) is 10.2 Å². The van der Waals surface area contributed by atoms with E-state index < -0.39 is 6.93 Å². The number of phenols is 2. The number of halogens is 2. The summed E-state index contributed by atoms with van der Waals surface area (Å²) in [6.07, 6.45) is 0. The molecule has 2 rings (SSSR count). The van der Waals surface area contributed by atoms with E-state index in [9.17, 15) is 8.78 Å². The largest absolute Gasteiger partial charge is 0.508 e. The van der Waals surface area contributed by atoms with Crippen molar-refractivity contribution >= 4 is 0 Å². The van der Waals surface area contributed by atoms with Crippen LogP contribution in [0.5, 0.6) is 11.5 Å². The molecular weight excluding hydrogens is 226 g/mol. The van der Waals surface area contributed by atoms with Crippen molar-refractivity contribution in [3.05, 3.63) is 60.7 Å². The van der Waals surface area contributed by atoms with Gasteiger partial charge < -0.3 is 10.2 Å². The van der Waals surface area contributed by atoms with Gasteiger partial charge in [-0.15, -0.1) is 0 Å². The van der Waals surface area contributed by atoms with Crippen LogP contribution in [-0.2, 0) is 0 Å².